The molecule has 2 saturated heterocycles. The molecule has 0 aliphatic carbocycles. The molecule has 51 heavy (non-hydrogen) atoms. The highest BCUT2D eigenvalue weighted by Crippen LogP contribution is 2.31. The van der Waals surface area contributed by atoms with Gasteiger partial charge in [-0.15, -0.1) is 0 Å². The van der Waals surface area contributed by atoms with Crippen LogP contribution in [0.25, 0.3) is 0 Å². The lowest BCUT2D eigenvalue weighted by atomic mass is 10.1. The number of hydrogen-bond acceptors (Lipinski definition) is 9. The van der Waals surface area contributed by atoms with Crippen molar-refractivity contribution in [2.24, 2.45) is 0 Å². The molecule has 0 spiro atoms. The lowest BCUT2D eigenvalue weighted by Crippen LogP contribution is -2.42. The Morgan fingerprint density at radius 1 is 0.745 bits per heavy atom. The van der Waals surface area contributed by atoms with Gasteiger partial charge in [0.15, 0.2) is 0 Å². The number of carbonyl (C=O) groups is 1. The molecule has 8 rings (SSSR count). The van der Waals surface area contributed by atoms with Crippen LogP contribution >= 0.6 is 0 Å². The number of carbonyl (C=O) groups excluding carboxylic acids is 1. The topological polar surface area (TPSA) is 92.3 Å². The quantitative estimate of drug-likeness (QED) is 0.208. The number of benzene rings is 2. The molecule has 2 aromatic heterocycles. The zero-order valence-electron chi connectivity index (χ0n) is 30.1. The Hall–Kier alpha value is -4.83. The third-order valence-corrected chi connectivity index (χ3v) is 9.87. The zero-order valence-corrected chi connectivity index (χ0v) is 30.1. The minimum Gasteiger partial charge on any atom is -0.490 e. The lowest BCUT2D eigenvalue weighted by Gasteiger charge is -2.28. The van der Waals surface area contributed by atoms with Gasteiger partial charge in [0.25, 0.3) is 0 Å². The minimum atomic E-state index is -0.489. The van der Waals surface area contributed by atoms with Gasteiger partial charge >= 0.3 is 6.09 Å². The first kappa shape index (κ1) is 34.6. The number of likely N-dealkylation sites (tertiary alicyclic amines) is 1. The van der Waals surface area contributed by atoms with Crippen LogP contribution in [0.3, 0.4) is 0 Å². The van der Waals surface area contributed by atoms with E-state index in [9.17, 15) is 4.79 Å². The molecule has 1 N–H and O–H groups in total. The van der Waals surface area contributed by atoms with Crippen LogP contribution in [0.5, 0.6) is 11.5 Å². The summed E-state index contributed by atoms with van der Waals surface area (Å²) in [5, 5.41) is 3.45. The molecule has 0 saturated carbocycles. The average molecular weight is 691 g/mol. The number of hydrogen-bond donors (Lipinski definition) is 1. The van der Waals surface area contributed by atoms with Gasteiger partial charge in [-0.2, -0.15) is 0 Å². The Bertz CT molecular complexity index is 1740. The molecule has 2 aromatic carbocycles. The maximum atomic E-state index is 12.4. The largest absolute Gasteiger partial charge is 0.490 e. The van der Waals surface area contributed by atoms with Crippen molar-refractivity contribution in [3.05, 3.63) is 108 Å². The number of nitrogens with zero attached hydrogens (tertiary/aromatic N) is 5. The molecular formula is C41H50N6O4. The number of anilines is 2. The van der Waals surface area contributed by atoms with Crippen LogP contribution in [0.1, 0.15) is 68.7 Å². The summed E-state index contributed by atoms with van der Waals surface area (Å²) >= 11 is 0. The highest BCUT2D eigenvalue weighted by atomic mass is 16.6. The van der Waals surface area contributed by atoms with Gasteiger partial charge in [-0.05, 0) is 75.3 Å². The molecule has 10 nitrogen and oxygen atoms in total. The molecule has 4 aromatic rings. The summed E-state index contributed by atoms with van der Waals surface area (Å²) in [5.41, 5.74) is 7.22. The molecule has 4 aliphatic heterocycles. The van der Waals surface area contributed by atoms with Crippen molar-refractivity contribution in [1.82, 2.24) is 20.2 Å². The van der Waals surface area contributed by atoms with E-state index in [1.165, 1.54) is 35.1 Å². The normalized spacial score (nSPS) is 19.3. The summed E-state index contributed by atoms with van der Waals surface area (Å²) in [4.78, 5) is 27.6. The van der Waals surface area contributed by atoms with Crippen LogP contribution < -0.4 is 24.6 Å². The first-order valence-electron chi connectivity index (χ1n) is 18.3. The van der Waals surface area contributed by atoms with Crippen LogP contribution in [0.15, 0.2) is 85.5 Å². The Morgan fingerprint density at radius 3 is 1.76 bits per heavy atom. The van der Waals surface area contributed by atoms with Gasteiger partial charge in [0, 0.05) is 50.9 Å². The van der Waals surface area contributed by atoms with Crippen molar-refractivity contribution < 1.29 is 19.0 Å². The van der Waals surface area contributed by atoms with E-state index >= 15 is 0 Å². The second-order valence-corrected chi connectivity index (χ2v) is 14.9. The summed E-state index contributed by atoms with van der Waals surface area (Å²) in [6.07, 6.45) is 11.4. The van der Waals surface area contributed by atoms with E-state index in [0.29, 0.717) is 19.2 Å². The van der Waals surface area contributed by atoms with Crippen molar-refractivity contribution in [1.29, 1.82) is 0 Å². The maximum absolute atomic E-state index is 12.4. The lowest BCUT2D eigenvalue weighted by molar-refractivity contribution is 0.0187. The average Bonchev–Trinajstić information content (AvgIpc) is 3.96. The maximum Gasteiger partial charge on any atom is 0.410 e. The number of amides is 1. The number of aromatic nitrogens is 2. The molecule has 2 fully saturated rings. The van der Waals surface area contributed by atoms with Crippen molar-refractivity contribution in [2.75, 3.05) is 36.1 Å². The van der Waals surface area contributed by atoms with E-state index in [4.69, 9.17) is 14.2 Å². The number of nitrogens with one attached hydrogen (secondary N) is 1. The van der Waals surface area contributed by atoms with Gasteiger partial charge < -0.3 is 34.2 Å². The Morgan fingerprint density at radius 2 is 1.27 bits per heavy atom. The van der Waals surface area contributed by atoms with Crippen LogP contribution in [0, 0.1) is 0 Å². The van der Waals surface area contributed by atoms with Crippen LogP contribution in [-0.2, 0) is 30.9 Å². The number of ether oxygens (including phenoxy) is 3. The van der Waals surface area contributed by atoms with E-state index in [2.05, 4.69) is 79.7 Å². The predicted molar refractivity (Wildman–Crippen MR) is 199 cm³/mol. The van der Waals surface area contributed by atoms with Gasteiger partial charge in [-0.1, -0.05) is 48.5 Å². The second-order valence-electron chi connectivity index (χ2n) is 14.9. The summed E-state index contributed by atoms with van der Waals surface area (Å²) < 4.78 is 17.5. The zero-order chi connectivity index (χ0) is 35.2. The number of pyridine rings is 2. The molecule has 6 heterocycles. The molecule has 268 valence electrons. The van der Waals surface area contributed by atoms with Crippen molar-refractivity contribution in [2.45, 2.75) is 90.3 Å². The third-order valence-electron chi connectivity index (χ3n) is 9.87. The van der Waals surface area contributed by atoms with Gasteiger partial charge in [0.05, 0.1) is 42.2 Å². The highest BCUT2D eigenvalue weighted by molar-refractivity contribution is 5.69. The van der Waals surface area contributed by atoms with Gasteiger partial charge in [0.1, 0.15) is 30.3 Å². The van der Waals surface area contributed by atoms with Crippen molar-refractivity contribution in [3.8, 4) is 11.5 Å². The first-order chi connectivity index (χ1) is 24.8. The molecule has 10 heteroatoms. The fourth-order valence-electron chi connectivity index (χ4n) is 7.21. The second kappa shape index (κ2) is 15.6. The summed E-state index contributed by atoms with van der Waals surface area (Å²) in [6.45, 7) is 12.3. The number of fused-ring (bicyclic) bond motifs is 2. The monoisotopic (exact) mass is 690 g/mol. The summed E-state index contributed by atoms with van der Waals surface area (Å²) in [6, 6.07) is 21.8. The number of rotatable bonds is 8. The Kier molecular flexibility index (Phi) is 10.6. The van der Waals surface area contributed by atoms with Gasteiger partial charge in [0.2, 0.25) is 0 Å². The van der Waals surface area contributed by atoms with Crippen LogP contribution in [0.4, 0.5) is 16.2 Å². The Labute approximate surface area is 301 Å². The van der Waals surface area contributed by atoms with E-state index < -0.39 is 5.60 Å². The molecule has 0 radical (unpaired) electrons. The fourth-order valence-corrected chi connectivity index (χ4v) is 7.21. The third kappa shape index (κ3) is 8.92. The fraction of sp³-hybridized carbons (Fsp3) is 0.439. The minimum absolute atomic E-state index is 0.0320. The first-order valence-corrected chi connectivity index (χ1v) is 18.3. The molecule has 1 amide bonds. The van der Waals surface area contributed by atoms with E-state index in [0.717, 1.165) is 75.0 Å². The van der Waals surface area contributed by atoms with Gasteiger partial charge in [-0.25, -0.2) is 4.79 Å². The Balaban J connectivity index is 0.000000165. The van der Waals surface area contributed by atoms with Gasteiger partial charge in [-0.3, -0.25) is 9.97 Å². The molecular weight excluding hydrogens is 640 g/mol. The summed E-state index contributed by atoms with van der Waals surface area (Å²) in [5.74, 6) is 1.59. The molecule has 2 atom stereocenters. The van der Waals surface area contributed by atoms with E-state index in [-0.39, 0.29) is 12.1 Å². The van der Waals surface area contributed by atoms with E-state index in [1.807, 2.05) is 45.4 Å². The molecule has 4 aliphatic rings. The van der Waals surface area contributed by atoms with Crippen molar-refractivity contribution in [3.63, 3.8) is 0 Å². The van der Waals surface area contributed by atoms with Crippen LogP contribution in [-0.4, -0.2) is 64.9 Å². The predicted octanol–water partition coefficient (Wildman–Crippen LogP) is 7.11. The van der Waals surface area contributed by atoms with Crippen LogP contribution in [0.2, 0.25) is 0 Å². The summed E-state index contributed by atoms with van der Waals surface area (Å²) in [7, 11) is 0. The molecule has 0 bridgehead atoms. The van der Waals surface area contributed by atoms with Crippen molar-refractivity contribution >= 4 is 17.5 Å². The molecule has 0 unspecified atom stereocenters. The SMILES string of the molecule is CC(C)(C)OC(=O)N1CCC[C@H]1COc1cncc(N2Cc3ccccc3C2)c1.c1ccc2c(c1)CN(c1cncc(OC[C@@H]3CCCN3)c1)C2. The standard InChI is InChI=1S/C23H29N3O3.C18H21N3O/c1-23(2,3)29-22(27)26-10-6-9-19(26)16-28-21-11-20(12-24-13-21)25-14-17-7-4-5-8-18(17)15-25;1-2-5-15-12-21(11-14(15)4-1)17-8-18(10-19-9-17)22-13-16-6-3-7-20-16/h4-5,7-8,11-13,19H,6,9-10,14-16H2,1-3H3;1-2,4-5,8-10,16,20H,3,6-7,11-13H2/t19-;16-/m00/s1. The van der Waals surface area contributed by atoms with E-state index in [1.54, 1.807) is 11.1 Å². The smallest absolute Gasteiger partial charge is 0.410 e. The highest BCUT2D eigenvalue weighted by Gasteiger charge is 2.33.